The lowest BCUT2D eigenvalue weighted by molar-refractivity contribution is 0.564. The van der Waals surface area contributed by atoms with Crippen LogP contribution < -0.4 is 4.90 Å². The minimum Gasteiger partial charge on any atom is -0.320 e. The Kier molecular flexibility index (Phi) is 5.76. The molecule has 0 radical (unpaired) electrons. The van der Waals surface area contributed by atoms with Gasteiger partial charge in [-0.2, -0.15) is 0 Å². The lowest BCUT2D eigenvalue weighted by Gasteiger charge is -2.37. The van der Waals surface area contributed by atoms with E-state index in [1.165, 1.54) is 49.6 Å². The molecule has 0 amide bonds. The van der Waals surface area contributed by atoms with Crippen LogP contribution in [0.1, 0.15) is 16.7 Å². The van der Waals surface area contributed by atoms with Gasteiger partial charge in [-0.1, -0.05) is 146 Å². The van der Waals surface area contributed by atoms with E-state index in [2.05, 4.69) is 191 Å². The first-order valence-electron chi connectivity index (χ1n) is 15.5. The van der Waals surface area contributed by atoms with E-state index in [0.29, 0.717) is 0 Å². The molecule has 1 aromatic heterocycles. The Labute approximate surface area is 263 Å². The standard InChI is InChI=1S/C43H30N2/c1-4-17-31(18-5-1)43(38-27-13-10-23-34(38)35-24-11-14-28-39(35)43)45-40-29-15-12-25-36(40)37-26-16-30-41(42(37)45)44(32-19-6-2-7-20-32)33-21-8-3-9-22-33/h1-30H. The Bertz CT molecular complexity index is 2230. The van der Waals surface area contributed by atoms with E-state index in [4.69, 9.17) is 0 Å². The number of fused-ring (bicyclic) bond motifs is 6. The average Bonchev–Trinajstić information content (AvgIpc) is 3.61. The summed E-state index contributed by atoms with van der Waals surface area (Å²) in [5.41, 5.74) is 11.6. The maximum Gasteiger partial charge on any atom is 0.122 e. The first-order chi connectivity index (χ1) is 22.4. The van der Waals surface area contributed by atoms with Crippen molar-refractivity contribution in [2.75, 3.05) is 4.90 Å². The second-order valence-corrected chi connectivity index (χ2v) is 11.7. The summed E-state index contributed by atoms with van der Waals surface area (Å²) >= 11 is 0. The summed E-state index contributed by atoms with van der Waals surface area (Å²) in [7, 11) is 0. The first-order valence-corrected chi connectivity index (χ1v) is 15.5. The third kappa shape index (κ3) is 3.63. The Hall–Kier alpha value is -5.86. The summed E-state index contributed by atoms with van der Waals surface area (Å²) in [6.45, 7) is 0. The highest BCUT2D eigenvalue weighted by atomic mass is 15.2. The molecule has 0 aliphatic heterocycles. The Balaban J connectivity index is 1.51. The molecule has 1 heterocycles. The van der Waals surface area contributed by atoms with E-state index in [0.717, 1.165) is 17.1 Å². The van der Waals surface area contributed by atoms with Crippen molar-refractivity contribution in [3.63, 3.8) is 0 Å². The zero-order chi connectivity index (χ0) is 29.8. The lowest BCUT2D eigenvalue weighted by Crippen LogP contribution is -2.36. The van der Waals surface area contributed by atoms with Crippen LogP contribution >= 0.6 is 0 Å². The highest BCUT2D eigenvalue weighted by Crippen LogP contribution is 2.56. The third-order valence-corrected chi connectivity index (χ3v) is 9.39. The summed E-state index contributed by atoms with van der Waals surface area (Å²) in [6.07, 6.45) is 0. The molecule has 0 bridgehead atoms. The van der Waals surface area contributed by atoms with Crippen molar-refractivity contribution in [2.45, 2.75) is 5.54 Å². The molecule has 1 aliphatic rings. The first kappa shape index (κ1) is 25.6. The number of hydrogen-bond acceptors (Lipinski definition) is 1. The van der Waals surface area contributed by atoms with E-state index >= 15 is 0 Å². The Morgan fingerprint density at radius 2 is 0.889 bits per heavy atom. The monoisotopic (exact) mass is 574 g/mol. The number of rotatable bonds is 5. The quantitative estimate of drug-likeness (QED) is 0.198. The molecule has 9 rings (SSSR count). The summed E-state index contributed by atoms with van der Waals surface area (Å²) in [5.74, 6) is 0. The van der Waals surface area contributed by atoms with Gasteiger partial charge in [-0.05, 0) is 64.2 Å². The van der Waals surface area contributed by atoms with Gasteiger partial charge in [-0.3, -0.25) is 0 Å². The molecule has 8 aromatic rings. The molecule has 7 aromatic carbocycles. The number of aromatic nitrogens is 1. The van der Waals surface area contributed by atoms with Crippen molar-refractivity contribution in [1.82, 2.24) is 4.57 Å². The smallest absolute Gasteiger partial charge is 0.122 e. The maximum atomic E-state index is 2.64. The van der Waals surface area contributed by atoms with Crippen LogP contribution in [-0.4, -0.2) is 4.57 Å². The minimum absolute atomic E-state index is 0.606. The van der Waals surface area contributed by atoms with E-state index < -0.39 is 5.54 Å². The number of anilines is 3. The van der Waals surface area contributed by atoms with Crippen LogP contribution in [0.15, 0.2) is 182 Å². The van der Waals surface area contributed by atoms with Gasteiger partial charge in [0.1, 0.15) is 5.54 Å². The van der Waals surface area contributed by atoms with Crippen LogP contribution in [0.5, 0.6) is 0 Å². The summed E-state index contributed by atoms with van der Waals surface area (Å²) in [6, 6.07) is 66.2. The van der Waals surface area contributed by atoms with Gasteiger partial charge in [0.15, 0.2) is 0 Å². The van der Waals surface area contributed by atoms with Crippen molar-refractivity contribution in [1.29, 1.82) is 0 Å². The molecule has 212 valence electrons. The van der Waals surface area contributed by atoms with E-state index in [9.17, 15) is 0 Å². The zero-order valence-electron chi connectivity index (χ0n) is 24.7. The number of hydrogen-bond donors (Lipinski definition) is 0. The van der Waals surface area contributed by atoms with Gasteiger partial charge < -0.3 is 9.47 Å². The largest absolute Gasteiger partial charge is 0.320 e. The number of benzene rings is 7. The third-order valence-electron chi connectivity index (χ3n) is 9.39. The molecule has 1 aliphatic carbocycles. The van der Waals surface area contributed by atoms with Crippen LogP contribution in [0.3, 0.4) is 0 Å². The van der Waals surface area contributed by atoms with Crippen molar-refractivity contribution >= 4 is 38.9 Å². The lowest BCUT2D eigenvalue weighted by atomic mass is 9.80. The van der Waals surface area contributed by atoms with Crippen LogP contribution in [0.2, 0.25) is 0 Å². The fraction of sp³-hybridized carbons (Fsp3) is 0.0233. The highest BCUT2D eigenvalue weighted by molar-refractivity contribution is 6.14. The molecule has 0 N–H and O–H groups in total. The molecule has 0 atom stereocenters. The second-order valence-electron chi connectivity index (χ2n) is 11.7. The Morgan fingerprint density at radius 1 is 0.400 bits per heavy atom. The maximum absolute atomic E-state index is 2.64. The predicted octanol–water partition coefficient (Wildman–Crippen LogP) is 11.1. The molecule has 2 heteroatoms. The van der Waals surface area contributed by atoms with Gasteiger partial charge in [-0.15, -0.1) is 0 Å². The molecule has 0 fully saturated rings. The average molecular weight is 575 g/mol. The molecule has 0 saturated heterocycles. The van der Waals surface area contributed by atoms with E-state index in [1.54, 1.807) is 0 Å². The van der Waals surface area contributed by atoms with Crippen LogP contribution in [0.4, 0.5) is 17.1 Å². The molecule has 0 spiro atoms. The van der Waals surface area contributed by atoms with Gasteiger partial charge in [-0.25, -0.2) is 0 Å². The number of para-hydroxylation sites is 4. The van der Waals surface area contributed by atoms with E-state index in [-0.39, 0.29) is 0 Å². The summed E-state index contributed by atoms with van der Waals surface area (Å²) in [5, 5.41) is 2.48. The SMILES string of the molecule is c1ccc(N(c2ccccc2)c2cccc3c4ccccc4n(C4(c5ccccc5)c5ccccc5-c5ccccc54)c23)cc1. The zero-order valence-corrected chi connectivity index (χ0v) is 24.7. The number of nitrogens with zero attached hydrogens (tertiary/aromatic N) is 2. The van der Waals surface area contributed by atoms with Crippen molar-refractivity contribution in [3.05, 3.63) is 199 Å². The van der Waals surface area contributed by atoms with Gasteiger partial charge in [0, 0.05) is 22.1 Å². The van der Waals surface area contributed by atoms with Gasteiger partial charge >= 0.3 is 0 Å². The van der Waals surface area contributed by atoms with Crippen molar-refractivity contribution in [2.24, 2.45) is 0 Å². The van der Waals surface area contributed by atoms with Crippen LogP contribution in [-0.2, 0) is 5.54 Å². The fourth-order valence-corrected chi connectivity index (χ4v) is 7.68. The summed E-state index contributed by atoms with van der Waals surface area (Å²) in [4.78, 5) is 2.41. The van der Waals surface area contributed by atoms with E-state index in [1.807, 2.05) is 0 Å². The Morgan fingerprint density at radius 3 is 1.51 bits per heavy atom. The molecule has 0 unspecified atom stereocenters. The van der Waals surface area contributed by atoms with Crippen molar-refractivity contribution in [3.8, 4) is 11.1 Å². The molecular weight excluding hydrogens is 544 g/mol. The molecular formula is C43H30N2. The normalized spacial score (nSPS) is 13.1. The van der Waals surface area contributed by atoms with Crippen LogP contribution in [0, 0.1) is 0 Å². The highest BCUT2D eigenvalue weighted by Gasteiger charge is 2.48. The van der Waals surface area contributed by atoms with Crippen molar-refractivity contribution < 1.29 is 0 Å². The second kappa shape index (κ2) is 10.1. The molecule has 0 saturated carbocycles. The predicted molar refractivity (Wildman–Crippen MR) is 188 cm³/mol. The molecule has 2 nitrogen and oxygen atoms in total. The van der Waals surface area contributed by atoms with Crippen LogP contribution in [0.25, 0.3) is 32.9 Å². The minimum atomic E-state index is -0.606. The molecule has 45 heavy (non-hydrogen) atoms. The topological polar surface area (TPSA) is 8.17 Å². The summed E-state index contributed by atoms with van der Waals surface area (Å²) < 4.78 is 2.64. The van der Waals surface area contributed by atoms with Gasteiger partial charge in [0.25, 0.3) is 0 Å². The fourth-order valence-electron chi connectivity index (χ4n) is 7.68. The van der Waals surface area contributed by atoms with Gasteiger partial charge in [0.2, 0.25) is 0 Å². The van der Waals surface area contributed by atoms with Gasteiger partial charge in [0.05, 0.1) is 16.7 Å².